The minimum absolute atomic E-state index is 0.331. The van der Waals surface area contributed by atoms with Crippen molar-refractivity contribution < 1.29 is 19.1 Å². The Morgan fingerprint density at radius 2 is 1.82 bits per heavy atom. The van der Waals surface area contributed by atoms with Crippen molar-refractivity contribution in [2.75, 3.05) is 11.9 Å². The van der Waals surface area contributed by atoms with E-state index in [1.165, 1.54) is 6.92 Å². The standard InChI is InChI=1S/C22H24N2O4/c1-3-4-7-14-27-19-12-10-17(11-13-19)22(26)28-16(2)21(25)24-20-9-6-5-8-18(20)15-23/h5-6,8-13,16H,3-4,7,14H2,1-2H3,(H,24,25)/t16-/m0/s1. The molecular weight excluding hydrogens is 356 g/mol. The Morgan fingerprint density at radius 1 is 1.11 bits per heavy atom. The molecule has 0 saturated heterocycles. The molecule has 0 heterocycles. The van der Waals surface area contributed by atoms with Crippen molar-refractivity contribution in [3.63, 3.8) is 0 Å². The number of nitrogens with zero attached hydrogens (tertiary/aromatic N) is 1. The fraction of sp³-hybridized carbons (Fsp3) is 0.318. The third-order valence-electron chi connectivity index (χ3n) is 4.07. The van der Waals surface area contributed by atoms with Gasteiger partial charge in [-0.3, -0.25) is 4.79 Å². The van der Waals surface area contributed by atoms with E-state index in [0.717, 1.165) is 19.3 Å². The van der Waals surface area contributed by atoms with E-state index in [2.05, 4.69) is 12.2 Å². The summed E-state index contributed by atoms with van der Waals surface area (Å²) in [6, 6.07) is 15.2. The van der Waals surface area contributed by atoms with Gasteiger partial charge in [-0.05, 0) is 49.7 Å². The Kier molecular flexibility index (Phi) is 8.04. The maximum absolute atomic E-state index is 12.3. The van der Waals surface area contributed by atoms with Gasteiger partial charge in [0.05, 0.1) is 23.4 Å². The van der Waals surface area contributed by atoms with Gasteiger partial charge < -0.3 is 14.8 Å². The van der Waals surface area contributed by atoms with Gasteiger partial charge in [-0.15, -0.1) is 0 Å². The van der Waals surface area contributed by atoms with Gasteiger partial charge in [0.25, 0.3) is 5.91 Å². The summed E-state index contributed by atoms with van der Waals surface area (Å²) >= 11 is 0. The normalized spacial score (nSPS) is 11.2. The number of amides is 1. The zero-order valence-corrected chi connectivity index (χ0v) is 16.1. The van der Waals surface area contributed by atoms with E-state index in [1.54, 1.807) is 48.5 Å². The lowest BCUT2D eigenvalue weighted by molar-refractivity contribution is -0.123. The fourth-order valence-corrected chi connectivity index (χ4v) is 2.44. The molecule has 0 unspecified atom stereocenters. The first-order valence-electron chi connectivity index (χ1n) is 9.29. The summed E-state index contributed by atoms with van der Waals surface area (Å²) in [7, 11) is 0. The van der Waals surface area contributed by atoms with Gasteiger partial charge in [0.2, 0.25) is 0 Å². The summed E-state index contributed by atoms with van der Waals surface area (Å²) in [5, 5.41) is 11.7. The summed E-state index contributed by atoms with van der Waals surface area (Å²) in [4.78, 5) is 24.5. The summed E-state index contributed by atoms with van der Waals surface area (Å²) in [5.41, 5.74) is 1.05. The lowest BCUT2D eigenvalue weighted by Gasteiger charge is -2.14. The molecule has 0 spiro atoms. The highest BCUT2D eigenvalue weighted by atomic mass is 16.5. The molecule has 0 aromatic heterocycles. The second-order valence-corrected chi connectivity index (χ2v) is 6.27. The van der Waals surface area contributed by atoms with Crippen molar-refractivity contribution in [3.05, 3.63) is 59.7 Å². The second kappa shape index (κ2) is 10.7. The Bertz CT molecular complexity index is 840. The van der Waals surface area contributed by atoms with Crippen molar-refractivity contribution in [1.82, 2.24) is 0 Å². The van der Waals surface area contributed by atoms with E-state index in [9.17, 15) is 9.59 Å². The fourth-order valence-electron chi connectivity index (χ4n) is 2.44. The molecule has 0 bridgehead atoms. The molecule has 0 aliphatic carbocycles. The predicted molar refractivity (Wildman–Crippen MR) is 106 cm³/mol. The van der Waals surface area contributed by atoms with E-state index in [-0.39, 0.29) is 0 Å². The van der Waals surface area contributed by atoms with Crippen LogP contribution in [0.5, 0.6) is 5.75 Å². The van der Waals surface area contributed by atoms with Gasteiger partial charge in [-0.2, -0.15) is 5.26 Å². The highest BCUT2D eigenvalue weighted by Crippen LogP contribution is 2.16. The Hall–Kier alpha value is -3.33. The van der Waals surface area contributed by atoms with Crippen LogP contribution in [0, 0.1) is 11.3 Å². The number of nitrogens with one attached hydrogen (secondary N) is 1. The molecule has 1 N–H and O–H groups in total. The molecule has 0 aliphatic heterocycles. The largest absolute Gasteiger partial charge is 0.494 e. The quantitative estimate of drug-likeness (QED) is 0.517. The summed E-state index contributed by atoms with van der Waals surface area (Å²) < 4.78 is 10.8. The van der Waals surface area contributed by atoms with E-state index in [4.69, 9.17) is 14.7 Å². The van der Waals surface area contributed by atoms with Crippen molar-refractivity contribution in [2.45, 2.75) is 39.2 Å². The third-order valence-corrected chi connectivity index (χ3v) is 4.07. The first-order chi connectivity index (χ1) is 13.5. The maximum Gasteiger partial charge on any atom is 0.338 e. The van der Waals surface area contributed by atoms with Crippen LogP contribution in [0.2, 0.25) is 0 Å². The SMILES string of the molecule is CCCCCOc1ccc(C(=O)O[C@@H](C)C(=O)Nc2ccccc2C#N)cc1. The zero-order valence-electron chi connectivity index (χ0n) is 16.1. The van der Waals surface area contributed by atoms with Gasteiger partial charge in [0, 0.05) is 0 Å². The van der Waals surface area contributed by atoms with Crippen LogP contribution < -0.4 is 10.1 Å². The molecule has 0 aliphatic rings. The molecule has 1 amide bonds. The molecule has 6 nitrogen and oxygen atoms in total. The number of carbonyl (C=O) groups is 2. The van der Waals surface area contributed by atoms with Crippen LogP contribution in [0.15, 0.2) is 48.5 Å². The average Bonchev–Trinajstić information content (AvgIpc) is 2.72. The van der Waals surface area contributed by atoms with Crippen LogP contribution in [-0.2, 0) is 9.53 Å². The van der Waals surface area contributed by atoms with Crippen molar-refractivity contribution in [3.8, 4) is 11.8 Å². The first-order valence-corrected chi connectivity index (χ1v) is 9.29. The van der Waals surface area contributed by atoms with Crippen molar-refractivity contribution >= 4 is 17.6 Å². The number of unbranched alkanes of at least 4 members (excludes halogenated alkanes) is 2. The van der Waals surface area contributed by atoms with Crippen LogP contribution >= 0.6 is 0 Å². The maximum atomic E-state index is 12.3. The molecule has 6 heteroatoms. The topological polar surface area (TPSA) is 88.4 Å². The van der Waals surface area contributed by atoms with E-state index in [1.807, 2.05) is 6.07 Å². The number of para-hydroxylation sites is 1. The number of esters is 1. The summed E-state index contributed by atoms with van der Waals surface area (Å²) in [6.07, 6.45) is 2.22. The average molecular weight is 380 g/mol. The Labute approximate surface area is 165 Å². The van der Waals surface area contributed by atoms with Gasteiger partial charge in [-0.25, -0.2) is 4.79 Å². The number of carbonyl (C=O) groups excluding carboxylic acids is 2. The molecule has 0 fully saturated rings. The molecule has 1 atom stereocenters. The number of hydrogen-bond acceptors (Lipinski definition) is 5. The number of rotatable bonds is 9. The summed E-state index contributed by atoms with van der Waals surface area (Å²) in [6.45, 7) is 4.25. The highest BCUT2D eigenvalue weighted by Gasteiger charge is 2.20. The van der Waals surface area contributed by atoms with Crippen molar-refractivity contribution in [2.24, 2.45) is 0 Å². The van der Waals surface area contributed by atoms with Crippen LogP contribution in [0.3, 0.4) is 0 Å². The van der Waals surface area contributed by atoms with Gasteiger partial charge in [-0.1, -0.05) is 31.9 Å². The number of hydrogen-bond donors (Lipinski definition) is 1. The molecular formula is C22H24N2O4. The lowest BCUT2D eigenvalue weighted by Crippen LogP contribution is -2.30. The number of benzene rings is 2. The molecule has 2 aromatic rings. The Balaban J connectivity index is 1.89. The Morgan fingerprint density at radius 3 is 2.50 bits per heavy atom. The van der Waals surface area contributed by atoms with Crippen LogP contribution in [0.1, 0.15) is 49.0 Å². The monoisotopic (exact) mass is 380 g/mol. The van der Waals surface area contributed by atoms with E-state index < -0.39 is 18.0 Å². The minimum Gasteiger partial charge on any atom is -0.494 e. The lowest BCUT2D eigenvalue weighted by atomic mass is 10.2. The van der Waals surface area contributed by atoms with Crippen LogP contribution in [0.4, 0.5) is 5.69 Å². The number of ether oxygens (including phenoxy) is 2. The molecule has 0 saturated carbocycles. The highest BCUT2D eigenvalue weighted by molar-refractivity contribution is 5.98. The second-order valence-electron chi connectivity index (χ2n) is 6.27. The van der Waals surface area contributed by atoms with Gasteiger partial charge in [0.1, 0.15) is 11.8 Å². The molecule has 2 rings (SSSR count). The summed E-state index contributed by atoms with van der Waals surface area (Å²) in [5.74, 6) is -0.424. The van der Waals surface area contributed by atoms with Crippen LogP contribution in [0.25, 0.3) is 0 Å². The zero-order chi connectivity index (χ0) is 20.4. The van der Waals surface area contributed by atoms with E-state index >= 15 is 0 Å². The van der Waals surface area contributed by atoms with Gasteiger partial charge >= 0.3 is 5.97 Å². The van der Waals surface area contributed by atoms with Gasteiger partial charge in [0.15, 0.2) is 6.10 Å². The predicted octanol–water partition coefficient (Wildman–Crippen LogP) is 4.31. The number of anilines is 1. The molecule has 2 aromatic carbocycles. The minimum atomic E-state index is -1.01. The smallest absolute Gasteiger partial charge is 0.338 e. The van der Waals surface area contributed by atoms with Crippen molar-refractivity contribution in [1.29, 1.82) is 5.26 Å². The molecule has 0 radical (unpaired) electrons. The van der Waals surface area contributed by atoms with Crippen LogP contribution in [-0.4, -0.2) is 24.6 Å². The third kappa shape index (κ3) is 6.13. The van der Waals surface area contributed by atoms with E-state index in [0.29, 0.717) is 29.2 Å². The first kappa shape index (κ1) is 21.0. The molecule has 28 heavy (non-hydrogen) atoms. The number of nitriles is 1. The molecule has 146 valence electrons.